The van der Waals surface area contributed by atoms with Crippen LogP contribution in [0, 0.1) is 5.82 Å². The zero-order valence-electron chi connectivity index (χ0n) is 9.90. The van der Waals surface area contributed by atoms with E-state index < -0.39 is 15.8 Å². The molecule has 0 aliphatic carbocycles. The highest BCUT2D eigenvalue weighted by molar-refractivity contribution is 7.89. The second-order valence-corrected chi connectivity index (χ2v) is 5.57. The van der Waals surface area contributed by atoms with E-state index in [1.807, 2.05) is 6.92 Å². The lowest BCUT2D eigenvalue weighted by Gasteiger charge is -2.14. The molecule has 0 fully saturated rings. The highest BCUT2D eigenvalue weighted by Gasteiger charge is 2.20. The second-order valence-electron chi connectivity index (χ2n) is 3.89. The Morgan fingerprint density at radius 3 is 2.65 bits per heavy atom. The standard InChI is InChI=1S/C11H17FN2O2S/c1-3-8(2)14-17(15,16)11-6-10(12)5-4-9(11)7-13/h4-6,8,14H,3,7,13H2,1-2H3. The zero-order chi connectivity index (χ0) is 13.1. The summed E-state index contributed by atoms with van der Waals surface area (Å²) in [5, 5.41) is 0. The maximum atomic E-state index is 13.1. The number of rotatable bonds is 5. The van der Waals surface area contributed by atoms with Crippen molar-refractivity contribution >= 4 is 10.0 Å². The normalized spacial score (nSPS) is 13.6. The molecule has 6 heteroatoms. The molecule has 0 heterocycles. The summed E-state index contributed by atoms with van der Waals surface area (Å²) in [4.78, 5) is -0.0831. The van der Waals surface area contributed by atoms with Crippen molar-refractivity contribution in [2.24, 2.45) is 5.73 Å². The SMILES string of the molecule is CCC(C)NS(=O)(=O)c1cc(F)ccc1CN. The largest absolute Gasteiger partial charge is 0.326 e. The fourth-order valence-electron chi connectivity index (χ4n) is 1.36. The minimum Gasteiger partial charge on any atom is -0.326 e. The van der Waals surface area contributed by atoms with Crippen molar-refractivity contribution in [2.45, 2.75) is 37.8 Å². The Balaban J connectivity index is 3.18. The summed E-state index contributed by atoms with van der Waals surface area (Å²) in [6.07, 6.45) is 0.659. The van der Waals surface area contributed by atoms with Gasteiger partial charge in [0.2, 0.25) is 10.0 Å². The first-order chi connectivity index (χ1) is 7.90. The number of nitrogens with two attached hydrogens (primary N) is 1. The van der Waals surface area contributed by atoms with E-state index in [0.29, 0.717) is 12.0 Å². The molecule has 0 saturated heterocycles. The van der Waals surface area contributed by atoms with Crippen LogP contribution in [0.15, 0.2) is 23.1 Å². The Hall–Kier alpha value is -0.980. The molecule has 0 amide bonds. The minimum absolute atomic E-state index is 0.0526. The Labute approximate surface area is 101 Å². The van der Waals surface area contributed by atoms with Crippen LogP contribution in [0.5, 0.6) is 0 Å². The smallest absolute Gasteiger partial charge is 0.241 e. The van der Waals surface area contributed by atoms with Gasteiger partial charge in [0.25, 0.3) is 0 Å². The van der Waals surface area contributed by atoms with Crippen molar-refractivity contribution < 1.29 is 12.8 Å². The van der Waals surface area contributed by atoms with Gasteiger partial charge >= 0.3 is 0 Å². The van der Waals surface area contributed by atoms with Gasteiger partial charge in [0.15, 0.2) is 0 Å². The first kappa shape index (κ1) is 14.1. The molecular weight excluding hydrogens is 243 g/mol. The van der Waals surface area contributed by atoms with Gasteiger partial charge in [0, 0.05) is 12.6 Å². The van der Waals surface area contributed by atoms with Gasteiger partial charge in [-0.3, -0.25) is 0 Å². The summed E-state index contributed by atoms with van der Waals surface area (Å²) in [6.45, 7) is 3.67. The number of hydrogen-bond acceptors (Lipinski definition) is 3. The van der Waals surface area contributed by atoms with Crippen molar-refractivity contribution in [3.63, 3.8) is 0 Å². The van der Waals surface area contributed by atoms with E-state index in [9.17, 15) is 12.8 Å². The van der Waals surface area contributed by atoms with E-state index in [1.54, 1.807) is 6.92 Å². The summed E-state index contributed by atoms with van der Waals surface area (Å²) in [6, 6.07) is 3.38. The van der Waals surface area contributed by atoms with Crippen molar-refractivity contribution in [3.05, 3.63) is 29.6 Å². The second kappa shape index (κ2) is 5.57. The van der Waals surface area contributed by atoms with E-state index in [0.717, 1.165) is 6.07 Å². The third kappa shape index (κ3) is 3.49. The van der Waals surface area contributed by atoms with Crippen LogP contribution in [0.4, 0.5) is 4.39 Å². The predicted octanol–water partition coefficient (Wildman–Crippen LogP) is 1.36. The first-order valence-corrected chi connectivity index (χ1v) is 6.89. The van der Waals surface area contributed by atoms with Crippen LogP contribution in [0.1, 0.15) is 25.8 Å². The topological polar surface area (TPSA) is 72.2 Å². The molecule has 1 aromatic carbocycles. The van der Waals surface area contributed by atoms with Gasteiger partial charge < -0.3 is 5.73 Å². The van der Waals surface area contributed by atoms with Crippen LogP contribution in [-0.4, -0.2) is 14.5 Å². The number of benzene rings is 1. The van der Waals surface area contributed by atoms with E-state index in [-0.39, 0.29) is 17.5 Å². The monoisotopic (exact) mass is 260 g/mol. The first-order valence-electron chi connectivity index (χ1n) is 5.41. The number of hydrogen-bond donors (Lipinski definition) is 2. The Morgan fingerprint density at radius 2 is 2.12 bits per heavy atom. The molecule has 0 bridgehead atoms. The molecule has 4 nitrogen and oxygen atoms in total. The van der Waals surface area contributed by atoms with Gasteiger partial charge in [0.1, 0.15) is 5.82 Å². The fourth-order valence-corrected chi connectivity index (χ4v) is 2.95. The Bertz CT molecular complexity index is 488. The molecule has 0 spiro atoms. The van der Waals surface area contributed by atoms with Crippen molar-refractivity contribution in [2.75, 3.05) is 0 Å². The van der Waals surface area contributed by atoms with Crippen LogP contribution >= 0.6 is 0 Å². The Kier molecular flexibility index (Phi) is 4.62. The highest BCUT2D eigenvalue weighted by Crippen LogP contribution is 2.17. The van der Waals surface area contributed by atoms with Gasteiger partial charge in [-0.05, 0) is 31.0 Å². The lowest BCUT2D eigenvalue weighted by atomic mass is 10.2. The molecule has 96 valence electrons. The molecule has 1 aromatic rings. The maximum Gasteiger partial charge on any atom is 0.241 e. The van der Waals surface area contributed by atoms with Crippen LogP contribution in [0.2, 0.25) is 0 Å². The predicted molar refractivity (Wildman–Crippen MR) is 64.4 cm³/mol. The maximum absolute atomic E-state index is 13.1. The minimum atomic E-state index is -3.71. The summed E-state index contributed by atoms with van der Waals surface area (Å²) in [5.74, 6) is -0.591. The molecule has 0 aliphatic heterocycles. The lowest BCUT2D eigenvalue weighted by Crippen LogP contribution is -2.32. The van der Waals surface area contributed by atoms with Crippen LogP contribution < -0.4 is 10.5 Å². The Morgan fingerprint density at radius 1 is 1.47 bits per heavy atom. The molecule has 0 saturated carbocycles. The van der Waals surface area contributed by atoms with E-state index >= 15 is 0 Å². The molecule has 17 heavy (non-hydrogen) atoms. The van der Waals surface area contributed by atoms with Gasteiger partial charge in [-0.2, -0.15) is 0 Å². The summed E-state index contributed by atoms with van der Waals surface area (Å²) in [5.41, 5.74) is 5.85. The molecule has 1 atom stereocenters. The van der Waals surface area contributed by atoms with E-state index in [2.05, 4.69) is 4.72 Å². The highest BCUT2D eigenvalue weighted by atomic mass is 32.2. The van der Waals surface area contributed by atoms with Gasteiger partial charge in [-0.25, -0.2) is 17.5 Å². The molecule has 1 unspecified atom stereocenters. The van der Waals surface area contributed by atoms with Gasteiger partial charge in [-0.1, -0.05) is 13.0 Å². The van der Waals surface area contributed by atoms with E-state index in [4.69, 9.17) is 5.73 Å². The fraction of sp³-hybridized carbons (Fsp3) is 0.455. The third-order valence-electron chi connectivity index (χ3n) is 2.51. The third-order valence-corrected chi connectivity index (χ3v) is 4.18. The molecule has 3 N–H and O–H groups in total. The zero-order valence-corrected chi connectivity index (χ0v) is 10.7. The van der Waals surface area contributed by atoms with Crippen LogP contribution in [0.25, 0.3) is 0 Å². The summed E-state index contributed by atoms with van der Waals surface area (Å²) >= 11 is 0. The molecule has 1 rings (SSSR count). The molecule has 0 aromatic heterocycles. The van der Waals surface area contributed by atoms with E-state index in [1.165, 1.54) is 12.1 Å². The summed E-state index contributed by atoms with van der Waals surface area (Å²) in [7, 11) is -3.71. The van der Waals surface area contributed by atoms with Crippen molar-refractivity contribution in [1.29, 1.82) is 0 Å². The molecule has 0 aliphatic rings. The molecule has 0 radical (unpaired) electrons. The lowest BCUT2D eigenvalue weighted by molar-refractivity contribution is 0.552. The summed E-state index contributed by atoms with van der Waals surface area (Å²) < 4.78 is 39.6. The van der Waals surface area contributed by atoms with Crippen molar-refractivity contribution in [3.8, 4) is 0 Å². The quantitative estimate of drug-likeness (QED) is 0.839. The van der Waals surface area contributed by atoms with Gasteiger partial charge in [-0.15, -0.1) is 0 Å². The number of halogens is 1. The van der Waals surface area contributed by atoms with Crippen molar-refractivity contribution in [1.82, 2.24) is 4.72 Å². The number of sulfonamides is 1. The van der Waals surface area contributed by atoms with Gasteiger partial charge in [0.05, 0.1) is 4.90 Å². The molecular formula is C11H17FN2O2S. The number of nitrogens with one attached hydrogen (secondary N) is 1. The van der Waals surface area contributed by atoms with Crippen LogP contribution in [0.3, 0.4) is 0 Å². The average Bonchev–Trinajstić information content (AvgIpc) is 2.28. The average molecular weight is 260 g/mol. The van der Waals surface area contributed by atoms with Crippen LogP contribution in [-0.2, 0) is 16.6 Å².